The normalized spacial score (nSPS) is 32.4. The largest absolute Gasteiger partial charge is 0.481 e. The second-order valence-electron chi connectivity index (χ2n) is 5.39. The number of amides is 1. The van der Waals surface area contributed by atoms with Gasteiger partial charge in [-0.3, -0.25) is 9.59 Å². The van der Waals surface area contributed by atoms with Gasteiger partial charge in [-0.25, -0.2) is 0 Å². The SMILES string of the molecule is CC1(C(=O)O)CCCC1NC(=O)CNC1CC1. The highest BCUT2D eigenvalue weighted by Gasteiger charge is 2.45. The van der Waals surface area contributed by atoms with Crippen molar-refractivity contribution in [2.45, 2.75) is 51.1 Å². The smallest absolute Gasteiger partial charge is 0.311 e. The van der Waals surface area contributed by atoms with E-state index >= 15 is 0 Å². The third-order valence-electron chi connectivity index (χ3n) is 3.91. The molecule has 0 spiro atoms. The number of nitrogens with one attached hydrogen (secondary N) is 2. The number of carbonyl (C=O) groups excluding carboxylic acids is 1. The lowest BCUT2D eigenvalue weighted by molar-refractivity contribution is -0.149. The fraction of sp³-hybridized carbons (Fsp3) is 0.833. The lowest BCUT2D eigenvalue weighted by atomic mass is 9.85. The van der Waals surface area contributed by atoms with Gasteiger partial charge in [-0.2, -0.15) is 0 Å². The predicted octanol–water partition coefficient (Wildman–Crippen LogP) is 0.498. The molecule has 2 aliphatic rings. The predicted molar refractivity (Wildman–Crippen MR) is 62.5 cm³/mol. The van der Waals surface area contributed by atoms with E-state index in [1.165, 1.54) is 0 Å². The molecular weight excluding hydrogens is 220 g/mol. The Balaban J connectivity index is 1.83. The van der Waals surface area contributed by atoms with Crippen molar-refractivity contribution in [1.82, 2.24) is 10.6 Å². The first kappa shape index (κ1) is 12.4. The van der Waals surface area contributed by atoms with Crippen LogP contribution in [0.4, 0.5) is 0 Å². The highest BCUT2D eigenvalue weighted by molar-refractivity contribution is 5.81. The molecule has 5 nitrogen and oxygen atoms in total. The van der Waals surface area contributed by atoms with Crippen molar-refractivity contribution in [2.24, 2.45) is 5.41 Å². The molecule has 0 aliphatic heterocycles. The first-order chi connectivity index (χ1) is 8.02. The van der Waals surface area contributed by atoms with E-state index in [0.717, 1.165) is 25.7 Å². The van der Waals surface area contributed by atoms with Crippen LogP contribution >= 0.6 is 0 Å². The Labute approximate surface area is 101 Å². The van der Waals surface area contributed by atoms with E-state index in [1.54, 1.807) is 6.92 Å². The lowest BCUT2D eigenvalue weighted by Gasteiger charge is -2.27. The molecule has 2 fully saturated rings. The van der Waals surface area contributed by atoms with Crippen molar-refractivity contribution in [3.8, 4) is 0 Å². The van der Waals surface area contributed by atoms with Gasteiger partial charge in [0.15, 0.2) is 0 Å². The maximum atomic E-state index is 11.7. The van der Waals surface area contributed by atoms with Crippen LogP contribution in [0.1, 0.15) is 39.0 Å². The summed E-state index contributed by atoms with van der Waals surface area (Å²) in [6, 6.07) is 0.267. The summed E-state index contributed by atoms with van der Waals surface area (Å²) in [6.07, 6.45) is 4.55. The summed E-state index contributed by atoms with van der Waals surface area (Å²) in [4.78, 5) is 22.9. The number of aliphatic carboxylic acids is 1. The molecule has 2 saturated carbocycles. The van der Waals surface area contributed by atoms with E-state index in [1.807, 2.05) is 0 Å². The molecule has 96 valence electrons. The van der Waals surface area contributed by atoms with Gasteiger partial charge in [0.1, 0.15) is 0 Å². The van der Waals surface area contributed by atoms with Gasteiger partial charge in [-0.15, -0.1) is 0 Å². The maximum absolute atomic E-state index is 11.7. The molecule has 0 saturated heterocycles. The van der Waals surface area contributed by atoms with Crippen LogP contribution in [0.25, 0.3) is 0 Å². The highest BCUT2D eigenvalue weighted by Crippen LogP contribution is 2.38. The Bertz CT molecular complexity index is 328. The minimum absolute atomic E-state index is 0.0868. The summed E-state index contributed by atoms with van der Waals surface area (Å²) in [5.41, 5.74) is -0.796. The van der Waals surface area contributed by atoms with Gasteiger partial charge in [0.2, 0.25) is 5.91 Å². The minimum Gasteiger partial charge on any atom is -0.481 e. The number of rotatable bonds is 5. The Morgan fingerprint density at radius 2 is 2.06 bits per heavy atom. The third-order valence-corrected chi connectivity index (χ3v) is 3.91. The average molecular weight is 240 g/mol. The fourth-order valence-corrected chi connectivity index (χ4v) is 2.42. The summed E-state index contributed by atoms with van der Waals surface area (Å²) < 4.78 is 0. The van der Waals surface area contributed by atoms with E-state index in [9.17, 15) is 14.7 Å². The van der Waals surface area contributed by atoms with E-state index in [2.05, 4.69) is 10.6 Å². The third kappa shape index (κ3) is 2.77. The first-order valence-corrected chi connectivity index (χ1v) is 6.28. The van der Waals surface area contributed by atoms with Gasteiger partial charge in [0.05, 0.1) is 12.0 Å². The molecule has 0 aromatic heterocycles. The fourth-order valence-electron chi connectivity index (χ4n) is 2.42. The first-order valence-electron chi connectivity index (χ1n) is 6.28. The summed E-state index contributed by atoms with van der Waals surface area (Å²) in [6.45, 7) is 2.03. The molecule has 5 heteroatoms. The van der Waals surface area contributed by atoms with Crippen LogP contribution in [0.5, 0.6) is 0 Å². The Morgan fingerprint density at radius 3 is 2.65 bits per heavy atom. The van der Waals surface area contributed by atoms with Crippen molar-refractivity contribution in [2.75, 3.05) is 6.54 Å². The molecule has 3 N–H and O–H groups in total. The van der Waals surface area contributed by atoms with Crippen molar-refractivity contribution < 1.29 is 14.7 Å². The van der Waals surface area contributed by atoms with Crippen LogP contribution in [0.3, 0.4) is 0 Å². The topological polar surface area (TPSA) is 78.4 Å². The molecule has 0 heterocycles. The van der Waals surface area contributed by atoms with Crippen molar-refractivity contribution >= 4 is 11.9 Å². The van der Waals surface area contributed by atoms with Crippen LogP contribution in [-0.4, -0.2) is 35.6 Å². The minimum atomic E-state index is -0.810. The number of hydrogen-bond donors (Lipinski definition) is 3. The van der Waals surface area contributed by atoms with Crippen LogP contribution in [0.2, 0.25) is 0 Å². The molecule has 17 heavy (non-hydrogen) atoms. The Hall–Kier alpha value is -1.10. The standard InChI is InChI=1S/C12H20N2O3/c1-12(11(16)17)6-2-3-9(12)14-10(15)7-13-8-4-5-8/h8-9,13H,2-7H2,1H3,(H,14,15)(H,16,17). The van der Waals surface area contributed by atoms with Crippen LogP contribution in [-0.2, 0) is 9.59 Å². The number of hydrogen-bond acceptors (Lipinski definition) is 3. The molecule has 2 aliphatic carbocycles. The quantitative estimate of drug-likeness (QED) is 0.654. The van der Waals surface area contributed by atoms with E-state index in [0.29, 0.717) is 19.0 Å². The zero-order chi connectivity index (χ0) is 12.5. The summed E-state index contributed by atoms with van der Waals surface area (Å²) >= 11 is 0. The van der Waals surface area contributed by atoms with Gasteiger partial charge in [-0.05, 0) is 32.6 Å². The van der Waals surface area contributed by atoms with Crippen LogP contribution in [0.15, 0.2) is 0 Å². The van der Waals surface area contributed by atoms with Gasteiger partial charge in [0, 0.05) is 12.1 Å². The molecule has 0 bridgehead atoms. The molecule has 2 unspecified atom stereocenters. The molecule has 2 rings (SSSR count). The zero-order valence-corrected chi connectivity index (χ0v) is 10.2. The molecule has 0 aromatic rings. The molecule has 0 radical (unpaired) electrons. The van der Waals surface area contributed by atoms with Crippen molar-refractivity contribution in [3.63, 3.8) is 0 Å². The number of carbonyl (C=O) groups is 2. The van der Waals surface area contributed by atoms with Gasteiger partial charge in [0.25, 0.3) is 0 Å². The average Bonchev–Trinajstić information content (AvgIpc) is 3.02. The number of carboxylic acid groups (broad SMARTS) is 1. The molecule has 2 atom stereocenters. The summed E-state index contributed by atoms with van der Waals surface area (Å²) in [7, 11) is 0. The summed E-state index contributed by atoms with van der Waals surface area (Å²) in [5.74, 6) is -0.897. The monoisotopic (exact) mass is 240 g/mol. The zero-order valence-electron chi connectivity index (χ0n) is 10.2. The maximum Gasteiger partial charge on any atom is 0.311 e. The van der Waals surface area contributed by atoms with E-state index < -0.39 is 11.4 Å². The van der Waals surface area contributed by atoms with Crippen molar-refractivity contribution in [1.29, 1.82) is 0 Å². The molecule has 0 aromatic carbocycles. The second kappa shape index (κ2) is 4.64. The Morgan fingerprint density at radius 1 is 1.35 bits per heavy atom. The highest BCUT2D eigenvalue weighted by atomic mass is 16.4. The van der Waals surface area contributed by atoms with Gasteiger partial charge >= 0.3 is 5.97 Å². The Kier molecular flexibility index (Phi) is 3.38. The van der Waals surface area contributed by atoms with Gasteiger partial charge in [-0.1, -0.05) is 6.42 Å². The van der Waals surface area contributed by atoms with Crippen LogP contribution in [0, 0.1) is 5.41 Å². The van der Waals surface area contributed by atoms with Crippen LogP contribution < -0.4 is 10.6 Å². The summed E-state index contributed by atoms with van der Waals surface area (Å²) in [5, 5.41) is 15.2. The number of carboxylic acids is 1. The molecular formula is C12H20N2O3. The van der Waals surface area contributed by atoms with E-state index in [-0.39, 0.29) is 11.9 Å². The second-order valence-corrected chi connectivity index (χ2v) is 5.39. The molecule has 1 amide bonds. The lowest BCUT2D eigenvalue weighted by Crippen LogP contribution is -2.49. The van der Waals surface area contributed by atoms with E-state index in [4.69, 9.17) is 0 Å². The van der Waals surface area contributed by atoms with Gasteiger partial charge < -0.3 is 15.7 Å². The van der Waals surface area contributed by atoms with Crippen molar-refractivity contribution in [3.05, 3.63) is 0 Å².